The van der Waals surface area contributed by atoms with E-state index in [9.17, 15) is 19.3 Å². The second-order valence-electron chi connectivity index (χ2n) is 4.34. The van der Waals surface area contributed by atoms with Crippen molar-refractivity contribution in [1.82, 2.24) is 5.32 Å². The Morgan fingerprint density at radius 3 is 2.65 bits per heavy atom. The van der Waals surface area contributed by atoms with Crippen LogP contribution in [-0.2, 0) is 0 Å². The van der Waals surface area contributed by atoms with Crippen LogP contribution in [0.4, 0.5) is 15.8 Å². The van der Waals surface area contributed by atoms with Gasteiger partial charge < -0.3 is 5.32 Å². The van der Waals surface area contributed by atoms with Gasteiger partial charge in [-0.1, -0.05) is 17.7 Å². The summed E-state index contributed by atoms with van der Waals surface area (Å²) in [5.74, 6) is -1.29. The summed E-state index contributed by atoms with van der Waals surface area (Å²) >= 11 is 10.7. The van der Waals surface area contributed by atoms with E-state index < -0.39 is 16.6 Å². The van der Waals surface area contributed by atoms with Gasteiger partial charge in [0.15, 0.2) is 5.11 Å². The van der Waals surface area contributed by atoms with Crippen molar-refractivity contribution in [3.05, 3.63) is 69.0 Å². The van der Waals surface area contributed by atoms with E-state index in [1.165, 1.54) is 12.1 Å². The smallest absolute Gasteiger partial charge is 0.271 e. The first-order valence-corrected chi connectivity index (χ1v) is 6.97. The highest BCUT2D eigenvalue weighted by molar-refractivity contribution is 7.80. The molecule has 23 heavy (non-hydrogen) atoms. The molecular formula is C14H9ClFN3O3S. The van der Waals surface area contributed by atoms with Gasteiger partial charge in [0.05, 0.1) is 10.6 Å². The van der Waals surface area contributed by atoms with Gasteiger partial charge in [-0.2, -0.15) is 0 Å². The van der Waals surface area contributed by atoms with Gasteiger partial charge in [-0.05, 0) is 36.5 Å². The lowest BCUT2D eigenvalue weighted by Gasteiger charge is -2.10. The molecule has 2 aromatic carbocycles. The highest BCUT2D eigenvalue weighted by Crippen LogP contribution is 2.21. The fourth-order valence-electron chi connectivity index (χ4n) is 1.68. The first-order chi connectivity index (χ1) is 10.9. The van der Waals surface area contributed by atoms with Gasteiger partial charge in [0.2, 0.25) is 0 Å². The summed E-state index contributed by atoms with van der Waals surface area (Å²) in [6, 6.07) is 9.09. The van der Waals surface area contributed by atoms with Crippen molar-refractivity contribution in [3.63, 3.8) is 0 Å². The van der Waals surface area contributed by atoms with E-state index in [0.29, 0.717) is 5.02 Å². The fraction of sp³-hybridized carbons (Fsp3) is 0. The van der Waals surface area contributed by atoms with E-state index in [1.54, 1.807) is 12.1 Å². The van der Waals surface area contributed by atoms with E-state index in [1.807, 2.05) is 0 Å². The van der Waals surface area contributed by atoms with Crippen LogP contribution in [-0.4, -0.2) is 15.9 Å². The number of halogens is 2. The first kappa shape index (κ1) is 16.8. The van der Waals surface area contributed by atoms with Gasteiger partial charge in [-0.25, -0.2) is 4.39 Å². The van der Waals surface area contributed by atoms with E-state index >= 15 is 0 Å². The van der Waals surface area contributed by atoms with E-state index in [4.69, 9.17) is 23.8 Å². The summed E-state index contributed by atoms with van der Waals surface area (Å²) in [4.78, 5) is 22.0. The molecule has 9 heteroatoms. The van der Waals surface area contributed by atoms with Crippen molar-refractivity contribution in [2.45, 2.75) is 0 Å². The van der Waals surface area contributed by atoms with Crippen LogP contribution in [0.3, 0.4) is 0 Å². The number of non-ortho nitro benzene ring substituents is 1. The molecule has 0 heterocycles. The number of nitrogens with one attached hydrogen (secondary N) is 2. The summed E-state index contributed by atoms with van der Waals surface area (Å²) < 4.78 is 13.6. The zero-order valence-corrected chi connectivity index (χ0v) is 13.0. The molecule has 0 aliphatic heterocycles. The van der Waals surface area contributed by atoms with Crippen molar-refractivity contribution in [3.8, 4) is 0 Å². The summed E-state index contributed by atoms with van der Waals surface area (Å²) in [5, 5.41) is 15.6. The number of benzene rings is 2. The number of rotatable bonds is 3. The van der Waals surface area contributed by atoms with E-state index in [-0.39, 0.29) is 22.1 Å². The molecule has 0 aromatic heterocycles. The minimum absolute atomic E-state index is 0.200. The molecule has 6 nitrogen and oxygen atoms in total. The standard InChI is InChI=1S/C14H9ClFN3O3S/c15-9-3-1-2-8(6-9)13(20)18-14(23)17-12-7-10(19(21)22)4-5-11(12)16/h1-7H,(H2,17,18,20,23). The Labute approximate surface area is 140 Å². The second kappa shape index (κ2) is 7.12. The Morgan fingerprint density at radius 2 is 2.00 bits per heavy atom. The van der Waals surface area contributed by atoms with Crippen LogP contribution in [0.5, 0.6) is 0 Å². The lowest BCUT2D eigenvalue weighted by molar-refractivity contribution is -0.384. The van der Waals surface area contributed by atoms with Crippen LogP contribution >= 0.6 is 23.8 Å². The quantitative estimate of drug-likeness (QED) is 0.501. The zero-order valence-electron chi connectivity index (χ0n) is 11.4. The highest BCUT2D eigenvalue weighted by atomic mass is 35.5. The Bertz CT molecular complexity index is 801. The van der Waals surface area contributed by atoms with Crippen LogP contribution in [0.25, 0.3) is 0 Å². The molecule has 118 valence electrons. The number of thiocarbonyl (C=S) groups is 1. The van der Waals surface area contributed by atoms with Gasteiger partial charge in [0, 0.05) is 22.7 Å². The zero-order chi connectivity index (χ0) is 17.0. The number of amides is 1. The summed E-state index contributed by atoms with van der Waals surface area (Å²) in [6.45, 7) is 0. The molecule has 2 rings (SSSR count). The van der Waals surface area contributed by atoms with Gasteiger partial charge in [-0.3, -0.25) is 20.2 Å². The predicted octanol–water partition coefficient (Wildman–Crippen LogP) is 3.51. The summed E-state index contributed by atoms with van der Waals surface area (Å²) in [7, 11) is 0. The number of carbonyl (C=O) groups is 1. The molecule has 2 aromatic rings. The highest BCUT2D eigenvalue weighted by Gasteiger charge is 2.13. The first-order valence-electron chi connectivity index (χ1n) is 6.18. The Morgan fingerprint density at radius 1 is 1.26 bits per heavy atom. The molecule has 0 fully saturated rings. The average molecular weight is 354 g/mol. The SMILES string of the molecule is O=C(NC(=S)Nc1cc([N+](=O)[O-])ccc1F)c1cccc(Cl)c1. The minimum Gasteiger partial charge on any atom is -0.330 e. The van der Waals surface area contributed by atoms with Crippen molar-refractivity contribution < 1.29 is 14.1 Å². The van der Waals surface area contributed by atoms with Crippen molar-refractivity contribution in [1.29, 1.82) is 0 Å². The number of anilines is 1. The average Bonchev–Trinajstić information content (AvgIpc) is 2.49. The predicted molar refractivity (Wildman–Crippen MR) is 88.2 cm³/mol. The molecule has 0 aliphatic carbocycles. The molecular weight excluding hydrogens is 345 g/mol. The number of hydrogen-bond acceptors (Lipinski definition) is 4. The summed E-state index contributed by atoms with van der Waals surface area (Å²) in [5.41, 5.74) is -0.255. The molecule has 0 bridgehead atoms. The Hall–Kier alpha value is -2.58. The second-order valence-corrected chi connectivity index (χ2v) is 5.18. The minimum atomic E-state index is -0.741. The van der Waals surface area contributed by atoms with Crippen LogP contribution < -0.4 is 10.6 Å². The van der Waals surface area contributed by atoms with Crippen LogP contribution in [0.1, 0.15) is 10.4 Å². The third-order valence-corrected chi connectivity index (χ3v) is 3.16. The monoisotopic (exact) mass is 353 g/mol. The maximum Gasteiger partial charge on any atom is 0.271 e. The van der Waals surface area contributed by atoms with Crippen LogP contribution in [0.2, 0.25) is 5.02 Å². The van der Waals surface area contributed by atoms with Gasteiger partial charge in [0.1, 0.15) is 5.82 Å². The Balaban J connectivity index is 2.09. The lowest BCUT2D eigenvalue weighted by atomic mass is 10.2. The lowest BCUT2D eigenvalue weighted by Crippen LogP contribution is -2.34. The molecule has 0 saturated carbocycles. The maximum absolute atomic E-state index is 13.6. The maximum atomic E-state index is 13.6. The summed E-state index contributed by atoms with van der Waals surface area (Å²) in [6.07, 6.45) is 0. The van der Waals surface area contributed by atoms with Gasteiger partial charge in [-0.15, -0.1) is 0 Å². The molecule has 0 saturated heterocycles. The molecule has 1 amide bonds. The molecule has 0 aliphatic rings. The third kappa shape index (κ3) is 4.44. The normalized spacial score (nSPS) is 10.0. The molecule has 0 unspecified atom stereocenters. The number of nitro groups is 1. The molecule has 0 atom stereocenters. The van der Waals surface area contributed by atoms with Gasteiger partial charge >= 0.3 is 0 Å². The van der Waals surface area contributed by atoms with Crippen LogP contribution in [0.15, 0.2) is 42.5 Å². The number of hydrogen-bond donors (Lipinski definition) is 2. The third-order valence-electron chi connectivity index (χ3n) is 2.72. The largest absolute Gasteiger partial charge is 0.330 e. The Kier molecular flexibility index (Phi) is 5.20. The van der Waals surface area contributed by atoms with E-state index in [0.717, 1.165) is 18.2 Å². The molecule has 0 spiro atoms. The van der Waals surface area contributed by atoms with Crippen molar-refractivity contribution >= 4 is 46.2 Å². The molecule has 2 N–H and O–H groups in total. The number of nitro benzene ring substituents is 1. The van der Waals surface area contributed by atoms with Crippen molar-refractivity contribution in [2.75, 3.05) is 5.32 Å². The fourth-order valence-corrected chi connectivity index (χ4v) is 2.07. The topological polar surface area (TPSA) is 84.3 Å². The van der Waals surface area contributed by atoms with E-state index in [2.05, 4.69) is 10.6 Å². The van der Waals surface area contributed by atoms with Crippen LogP contribution in [0, 0.1) is 15.9 Å². The van der Waals surface area contributed by atoms with Crippen molar-refractivity contribution in [2.24, 2.45) is 0 Å². The number of nitrogens with zero attached hydrogens (tertiary/aromatic N) is 1. The number of carbonyl (C=O) groups excluding carboxylic acids is 1. The molecule has 0 radical (unpaired) electrons. The van der Waals surface area contributed by atoms with Gasteiger partial charge in [0.25, 0.3) is 11.6 Å².